The molecule has 1 N–H and O–H groups in total. The molecular weight excluding hydrogens is 294 g/mol. The second-order valence-corrected chi connectivity index (χ2v) is 4.64. The van der Waals surface area contributed by atoms with Gasteiger partial charge in [0.2, 0.25) is 0 Å². The number of carbonyl (C=O) groups is 1. The highest BCUT2D eigenvalue weighted by molar-refractivity contribution is 9.09. The molecule has 2 rings (SSSR count). The molecule has 5 heteroatoms. The molecule has 0 radical (unpaired) electrons. The molecule has 0 aliphatic carbocycles. The van der Waals surface area contributed by atoms with Crippen molar-refractivity contribution in [1.82, 2.24) is 15.3 Å². The highest BCUT2D eigenvalue weighted by Crippen LogP contribution is 2.11. The Morgan fingerprint density at radius 1 is 1.33 bits per heavy atom. The number of benzene rings is 1. The largest absolute Gasteiger partial charge is 0.348 e. The summed E-state index contributed by atoms with van der Waals surface area (Å²) in [5.74, 6) is -0.0751. The van der Waals surface area contributed by atoms with Crippen LogP contribution in [-0.2, 0) is 0 Å². The van der Waals surface area contributed by atoms with Crippen LogP contribution in [0.3, 0.4) is 0 Å². The van der Waals surface area contributed by atoms with Crippen molar-refractivity contribution in [2.75, 3.05) is 5.33 Å². The summed E-state index contributed by atoms with van der Waals surface area (Å²) in [6.07, 6.45) is 4.15. The Bertz CT molecular complexity index is 555. The number of amides is 1. The number of hydrogen-bond acceptors (Lipinski definition) is 3. The van der Waals surface area contributed by atoms with Gasteiger partial charge < -0.3 is 5.32 Å². The van der Waals surface area contributed by atoms with Crippen LogP contribution in [0.15, 0.2) is 30.6 Å². The molecule has 0 spiro atoms. The lowest BCUT2D eigenvalue weighted by Crippen LogP contribution is -2.35. The van der Waals surface area contributed by atoms with Crippen molar-refractivity contribution in [2.24, 2.45) is 0 Å². The first kappa shape index (κ1) is 13.0. The molecule has 18 heavy (non-hydrogen) atoms. The number of nitrogens with one attached hydrogen (secondary N) is 1. The van der Waals surface area contributed by atoms with Gasteiger partial charge in [0.25, 0.3) is 5.91 Å². The molecule has 2 aromatic rings. The van der Waals surface area contributed by atoms with Crippen molar-refractivity contribution < 1.29 is 4.79 Å². The van der Waals surface area contributed by atoms with Crippen molar-refractivity contribution in [3.63, 3.8) is 0 Å². The lowest BCUT2D eigenvalue weighted by atomic mass is 10.1. The Labute approximate surface area is 114 Å². The quantitative estimate of drug-likeness (QED) is 0.883. The first-order valence-corrected chi connectivity index (χ1v) is 6.94. The summed E-state index contributed by atoms with van der Waals surface area (Å²) < 4.78 is 0. The molecule has 0 aliphatic rings. The van der Waals surface area contributed by atoms with Gasteiger partial charge in [-0.2, -0.15) is 0 Å². The molecule has 0 aliphatic heterocycles. The van der Waals surface area contributed by atoms with Crippen molar-refractivity contribution in [1.29, 1.82) is 0 Å². The Morgan fingerprint density at radius 2 is 2.06 bits per heavy atom. The topological polar surface area (TPSA) is 54.9 Å². The number of carbonyl (C=O) groups excluding carboxylic acids is 1. The first-order chi connectivity index (χ1) is 8.74. The maximum absolute atomic E-state index is 12.0. The molecule has 0 saturated heterocycles. The fraction of sp³-hybridized carbons (Fsp3) is 0.308. The van der Waals surface area contributed by atoms with Crippen LogP contribution in [0.5, 0.6) is 0 Å². The van der Waals surface area contributed by atoms with E-state index in [0.29, 0.717) is 5.56 Å². The summed E-state index contributed by atoms with van der Waals surface area (Å²) in [5.41, 5.74) is 2.14. The van der Waals surface area contributed by atoms with Crippen molar-refractivity contribution in [2.45, 2.75) is 19.4 Å². The second kappa shape index (κ2) is 5.91. The van der Waals surface area contributed by atoms with E-state index in [1.54, 1.807) is 24.5 Å². The fourth-order valence-corrected chi connectivity index (χ4v) is 2.24. The van der Waals surface area contributed by atoms with Gasteiger partial charge >= 0.3 is 0 Å². The SMILES string of the molecule is CCC(CBr)NC(=O)c1ccc2nccnc2c1. The van der Waals surface area contributed by atoms with E-state index in [4.69, 9.17) is 0 Å². The van der Waals surface area contributed by atoms with Gasteiger partial charge in [0.15, 0.2) is 0 Å². The Morgan fingerprint density at radius 3 is 2.72 bits per heavy atom. The lowest BCUT2D eigenvalue weighted by molar-refractivity contribution is 0.0940. The summed E-state index contributed by atoms with van der Waals surface area (Å²) >= 11 is 3.38. The Hall–Kier alpha value is -1.49. The third-order valence-corrected chi connectivity index (χ3v) is 3.53. The van der Waals surface area contributed by atoms with Gasteiger partial charge in [-0.15, -0.1) is 0 Å². The zero-order chi connectivity index (χ0) is 13.0. The highest BCUT2D eigenvalue weighted by Gasteiger charge is 2.11. The molecule has 0 fully saturated rings. The van der Waals surface area contributed by atoms with Crippen molar-refractivity contribution >= 4 is 32.9 Å². The van der Waals surface area contributed by atoms with Gasteiger partial charge in [-0.25, -0.2) is 0 Å². The number of hydrogen-bond donors (Lipinski definition) is 1. The van der Waals surface area contributed by atoms with Gasteiger partial charge in [0.05, 0.1) is 11.0 Å². The average molecular weight is 308 g/mol. The van der Waals surface area contributed by atoms with Crippen LogP contribution in [0.1, 0.15) is 23.7 Å². The molecule has 4 nitrogen and oxygen atoms in total. The van der Waals surface area contributed by atoms with Crippen LogP contribution < -0.4 is 5.32 Å². The van der Waals surface area contributed by atoms with Crippen LogP contribution in [0, 0.1) is 0 Å². The average Bonchev–Trinajstić information content (AvgIpc) is 2.44. The van der Waals surface area contributed by atoms with E-state index >= 15 is 0 Å². The minimum atomic E-state index is -0.0751. The monoisotopic (exact) mass is 307 g/mol. The molecule has 1 unspecified atom stereocenters. The molecule has 1 heterocycles. The van der Waals surface area contributed by atoms with E-state index in [2.05, 4.69) is 31.2 Å². The molecule has 0 bridgehead atoms. The van der Waals surface area contributed by atoms with Crippen molar-refractivity contribution in [3.05, 3.63) is 36.2 Å². The molecule has 1 atom stereocenters. The molecule has 0 saturated carbocycles. The molecule has 1 amide bonds. The van der Waals surface area contributed by atoms with Crippen LogP contribution in [0.2, 0.25) is 0 Å². The van der Waals surface area contributed by atoms with Crippen molar-refractivity contribution in [3.8, 4) is 0 Å². The van der Waals surface area contributed by atoms with Gasteiger partial charge in [0, 0.05) is 29.3 Å². The minimum Gasteiger partial charge on any atom is -0.348 e. The number of nitrogens with zero attached hydrogens (tertiary/aromatic N) is 2. The van der Waals surface area contributed by atoms with E-state index in [0.717, 1.165) is 22.8 Å². The number of halogens is 1. The molecule has 1 aromatic heterocycles. The predicted octanol–water partition coefficient (Wildman–Crippen LogP) is 2.53. The lowest BCUT2D eigenvalue weighted by Gasteiger charge is -2.13. The van der Waals surface area contributed by atoms with E-state index in [1.807, 2.05) is 13.0 Å². The predicted molar refractivity (Wildman–Crippen MR) is 74.9 cm³/mol. The Balaban J connectivity index is 2.22. The molecule has 94 valence electrons. The van der Waals surface area contributed by atoms with E-state index in [-0.39, 0.29) is 11.9 Å². The second-order valence-electron chi connectivity index (χ2n) is 3.99. The maximum atomic E-state index is 12.0. The van der Waals surface area contributed by atoms with E-state index in [9.17, 15) is 4.79 Å². The summed E-state index contributed by atoms with van der Waals surface area (Å²) in [4.78, 5) is 20.4. The van der Waals surface area contributed by atoms with Crippen LogP contribution >= 0.6 is 15.9 Å². The molecule has 1 aromatic carbocycles. The van der Waals surface area contributed by atoms with Gasteiger partial charge in [-0.05, 0) is 24.6 Å². The van der Waals surface area contributed by atoms with E-state index in [1.165, 1.54) is 0 Å². The summed E-state index contributed by atoms with van der Waals surface area (Å²) in [6, 6.07) is 5.49. The number of rotatable bonds is 4. The normalized spacial score (nSPS) is 12.3. The summed E-state index contributed by atoms with van der Waals surface area (Å²) in [5, 5.41) is 3.72. The maximum Gasteiger partial charge on any atom is 0.251 e. The van der Waals surface area contributed by atoms with Gasteiger partial charge in [-0.1, -0.05) is 22.9 Å². The Kier molecular flexibility index (Phi) is 4.25. The molecular formula is C13H14BrN3O. The minimum absolute atomic E-state index is 0.0751. The fourth-order valence-electron chi connectivity index (χ4n) is 1.62. The van der Waals surface area contributed by atoms with Gasteiger partial charge in [-0.3, -0.25) is 14.8 Å². The summed E-state index contributed by atoms with van der Waals surface area (Å²) in [6.45, 7) is 2.04. The standard InChI is InChI=1S/C13H14BrN3O/c1-2-10(8-14)17-13(18)9-3-4-11-12(7-9)16-6-5-15-11/h3-7,10H,2,8H2,1H3,(H,17,18). The zero-order valence-electron chi connectivity index (χ0n) is 10.1. The van der Waals surface area contributed by atoms with Crippen LogP contribution in [0.25, 0.3) is 11.0 Å². The van der Waals surface area contributed by atoms with Crippen LogP contribution in [-0.4, -0.2) is 27.2 Å². The van der Waals surface area contributed by atoms with E-state index < -0.39 is 0 Å². The third kappa shape index (κ3) is 2.85. The number of alkyl halides is 1. The summed E-state index contributed by atoms with van der Waals surface area (Å²) in [7, 11) is 0. The number of fused-ring (bicyclic) bond motifs is 1. The first-order valence-electron chi connectivity index (χ1n) is 5.82. The smallest absolute Gasteiger partial charge is 0.251 e. The zero-order valence-corrected chi connectivity index (χ0v) is 11.6. The van der Waals surface area contributed by atoms with Gasteiger partial charge in [0.1, 0.15) is 0 Å². The number of aromatic nitrogens is 2. The van der Waals surface area contributed by atoms with Crippen LogP contribution in [0.4, 0.5) is 0 Å². The third-order valence-electron chi connectivity index (χ3n) is 2.75. The highest BCUT2D eigenvalue weighted by atomic mass is 79.9.